The van der Waals surface area contributed by atoms with Crippen LogP contribution in [0.4, 0.5) is 0 Å². The molecule has 0 bridgehead atoms. The van der Waals surface area contributed by atoms with Gasteiger partial charge in [-0.05, 0) is 26.8 Å². The highest BCUT2D eigenvalue weighted by Crippen LogP contribution is 1.92. The fourth-order valence-corrected chi connectivity index (χ4v) is 1.29. The maximum atomic E-state index is 11.6. The van der Waals surface area contributed by atoms with Gasteiger partial charge >= 0.3 is 5.97 Å². The Labute approximate surface area is 103 Å². The molecule has 0 spiro atoms. The van der Waals surface area contributed by atoms with Crippen molar-refractivity contribution in [2.45, 2.75) is 40.2 Å². The molecule has 1 amide bonds. The summed E-state index contributed by atoms with van der Waals surface area (Å²) in [4.78, 5) is 24.7. The summed E-state index contributed by atoms with van der Waals surface area (Å²) < 4.78 is 4.85. The molecule has 5 nitrogen and oxygen atoms in total. The summed E-state index contributed by atoms with van der Waals surface area (Å²) in [7, 11) is 0. The van der Waals surface area contributed by atoms with Crippen LogP contribution in [0.1, 0.15) is 34.1 Å². The lowest BCUT2D eigenvalue weighted by Gasteiger charge is -2.20. The van der Waals surface area contributed by atoms with Crippen molar-refractivity contribution in [2.24, 2.45) is 0 Å². The molecule has 1 unspecified atom stereocenters. The van der Waals surface area contributed by atoms with E-state index in [2.05, 4.69) is 5.32 Å². The predicted molar refractivity (Wildman–Crippen MR) is 66.6 cm³/mol. The second-order valence-corrected chi connectivity index (χ2v) is 3.99. The number of hydrogen-bond donors (Lipinski definition) is 1. The van der Waals surface area contributed by atoms with Gasteiger partial charge in [-0.25, -0.2) is 0 Å². The van der Waals surface area contributed by atoms with E-state index in [0.29, 0.717) is 13.2 Å². The number of hydrogen-bond acceptors (Lipinski definition) is 4. The fourth-order valence-electron chi connectivity index (χ4n) is 1.29. The topological polar surface area (TPSA) is 58.6 Å². The molecule has 0 rings (SSSR count). The SMILES string of the molecule is CCOC(=O)CN(CC)CC(=O)NC(C)CC. The molecule has 17 heavy (non-hydrogen) atoms. The van der Waals surface area contributed by atoms with Crippen molar-refractivity contribution < 1.29 is 14.3 Å². The van der Waals surface area contributed by atoms with Crippen LogP contribution >= 0.6 is 0 Å². The zero-order valence-corrected chi connectivity index (χ0v) is 11.3. The Hall–Kier alpha value is -1.10. The van der Waals surface area contributed by atoms with Gasteiger partial charge in [0.2, 0.25) is 5.91 Å². The molecule has 0 aliphatic rings. The molecule has 0 heterocycles. The van der Waals surface area contributed by atoms with Gasteiger partial charge in [0.1, 0.15) is 0 Å². The van der Waals surface area contributed by atoms with Crippen LogP contribution in [0, 0.1) is 0 Å². The Kier molecular flexibility index (Phi) is 8.40. The third-order valence-corrected chi connectivity index (χ3v) is 2.49. The number of esters is 1. The van der Waals surface area contributed by atoms with Gasteiger partial charge in [-0.3, -0.25) is 14.5 Å². The average Bonchev–Trinajstić information content (AvgIpc) is 2.28. The van der Waals surface area contributed by atoms with Crippen LogP contribution in [0.5, 0.6) is 0 Å². The van der Waals surface area contributed by atoms with Crippen LogP contribution in [0.25, 0.3) is 0 Å². The van der Waals surface area contributed by atoms with Crippen LogP contribution in [0.3, 0.4) is 0 Å². The molecule has 0 fully saturated rings. The third kappa shape index (κ3) is 7.74. The van der Waals surface area contributed by atoms with Crippen molar-refractivity contribution in [3.05, 3.63) is 0 Å². The minimum Gasteiger partial charge on any atom is -0.465 e. The first-order valence-corrected chi connectivity index (χ1v) is 6.20. The van der Waals surface area contributed by atoms with E-state index >= 15 is 0 Å². The Morgan fingerprint density at radius 1 is 1.24 bits per heavy atom. The van der Waals surface area contributed by atoms with Gasteiger partial charge in [0.25, 0.3) is 0 Å². The van der Waals surface area contributed by atoms with Crippen LogP contribution in [-0.4, -0.2) is 49.1 Å². The van der Waals surface area contributed by atoms with Crippen molar-refractivity contribution in [1.82, 2.24) is 10.2 Å². The van der Waals surface area contributed by atoms with Gasteiger partial charge in [0.05, 0.1) is 19.7 Å². The van der Waals surface area contributed by atoms with Crippen LogP contribution < -0.4 is 5.32 Å². The number of carbonyl (C=O) groups is 2. The number of ether oxygens (including phenoxy) is 1. The molecule has 100 valence electrons. The Morgan fingerprint density at radius 2 is 1.88 bits per heavy atom. The predicted octanol–water partition coefficient (Wildman–Crippen LogP) is 0.786. The van der Waals surface area contributed by atoms with E-state index in [4.69, 9.17) is 4.74 Å². The standard InChI is InChI=1S/C12H24N2O3/c1-5-10(4)13-11(15)8-14(6-2)9-12(16)17-7-3/h10H,5-9H2,1-4H3,(H,13,15). The molecule has 0 radical (unpaired) electrons. The van der Waals surface area contributed by atoms with Crippen molar-refractivity contribution in [3.63, 3.8) is 0 Å². The maximum Gasteiger partial charge on any atom is 0.320 e. The first kappa shape index (κ1) is 15.9. The highest BCUT2D eigenvalue weighted by Gasteiger charge is 2.14. The second-order valence-electron chi connectivity index (χ2n) is 3.99. The van der Waals surface area contributed by atoms with Gasteiger partial charge < -0.3 is 10.1 Å². The Balaban J connectivity index is 4.03. The van der Waals surface area contributed by atoms with E-state index in [1.54, 1.807) is 11.8 Å². The van der Waals surface area contributed by atoms with Gasteiger partial charge in [-0.15, -0.1) is 0 Å². The minimum atomic E-state index is -0.286. The van der Waals surface area contributed by atoms with E-state index in [1.807, 2.05) is 20.8 Å². The summed E-state index contributed by atoms with van der Waals surface area (Å²) in [6.07, 6.45) is 0.899. The fraction of sp³-hybridized carbons (Fsp3) is 0.833. The highest BCUT2D eigenvalue weighted by atomic mass is 16.5. The lowest BCUT2D eigenvalue weighted by atomic mass is 10.2. The Morgan fingerprint density at radius 3 is 2.35 bits per heavy atom. The minimum absolute atomic E-state index is 0.0505. The van der Waals surface area contributed by atoms with Gasteiger partial charge in [-0.1, -0.05) is 13.8 Å². The molecule has 1 N–H and O–H groups in total. The van der Waals surface area contributed by atoms with E-state index in [1.165, 1.54) is 0 Å². The summed E-state index contributed by atoms with van der Waals surface area (Å²) in [5, 5.41) is 2.87. The summed E-state index contributed by atoms with van der Waals surface area (Å²) in [6, 6.07) is 0.170. The van der Waals surface area contributed by atoms with Crippen LogP contribution in [0.2, 0.25) is 0 Å². The van der Waals surface area contributed by atoms with Gasteiger partial charge in [0.15, 0.2) is 0 Å². The van der Waals surface area contributed by atoms with Crippen molar-refractivity contribution in [1.29, 1.82) is 0 Å². The first-order chi connectivity index (χ1) is 8.03. The van der Waals surface area contributed by atoms with Gasteiger partial charge in [0, 0.05) is 6.04 Å². The van der Waals surface area contributed by atoms with E-state index in [9.17, 15) is 9.59 Å². The van der Waals surface area contributed by atoms with E-state index in [0.717, 1.165) is 6.42 Å². The normalized spacial score (nSPS) is 12.3. The molecular weight excluding hydrogens is 220 g/mol. The number of amides is 1. The quantitative estimate of drug-likeness (QED) is 0.641. The second kappa shape index (κ2) is 8.98. The van der Waals surface area contributed by atoms with E-state index in [-0.39, 0.29) is 31.0 Å². The lowest BCUT2D eigenvalue weighted by molar-refractivity contribution is -0.144. The molecular formula is C12H24N2O3. The Bertz CT molecular complexity index is 244. The summed E-state index contributed by atoms with van der Waals surface area (Å²) in [5.41, 5.74) is 0. The summed E-state index contributed by atoms with van der Waals surface area (Å²) >= 11 is 0. The largest absolute Gasteiger partial charge is 0.465 e. The maximum absolute atomic E-state index is 11.6. The molecule has 0 aromatic carbocycles. The molecule has 0 saturated heterocycles. The summed E-state index contributed by atoms with van der Waals surface area (Å²) in [5.74, 6) is -0.337. The monoisotopic (exact) mass is 244 g/mol. The van der Waals surface area contributed by atoms with Crippen molar-refractivity contribution in [3.8, 4) is 0 Å². The number of nitrogens with one attached hydrogen (secondary N) is 1. The molecule has 0 aromatic rings. The molecule has 5 heteroatoms. The molecule has 1 atom stereocenters. The van der Waals surface area contributed by atoms with Crippen LogP contribution in [0.15, 0.2) is 0 Å². The molecule has 0 aromatic heterocycles. The van der Waals surface area contributed by atoms with E-state index < -0.39 is 0 Å². The lowest BCUT2D eigenvalue weighted by Crippen LogP contribution is -2.42. The molecule has 0 saturated carbocycles. The number of nitrogens with zero attached hydrogens (tertiary/aromatic N) is 1. The number of rotatable bonds is 8. The summed E-state index contributed by atoms with van der Waals surface area (Å²) in [6.45, 7) is 9.07. The number of carbonyl (C=O) groups excluding carboxylic acids is 2. The average molecular weight is 244 g/mol. The third-order valence-electron chi connectivity index (χ3n) is 2.49. The molecule has 0 aliphatic carbocycles. The smallest absolute Gasteiger partial charge is 0.320 e. The van der Waals surface area contributed by atoms with Crippen molar-refractivity contribution in [2.75, 3.05) is 26.2 Å². The van der Waals surface area contributed by atoms with Gasteiger partial charge in [-0.2, -0.15) is 0 Å². The highest BCUT2D eigenvalue weighted by molar-refractivity contribution is 5.79. The van der Waals surface area contributed by atoms with Crippen molar-refractivity contribution >= 4 is 11.9 Å². The molecule has 0 aliphatic heterocycles. The zero-order valence-electron chi connectivity index (χ0n) is 11.3. The first-order valence-electron chi connectivity index (χ1n) is 6.20. The van der Waals surface area contributed by atoms with Crippen LogP contribution in [-0.2, 0) is 14.3 Å². The zero-order chi connectivity index (χ0) is 13.3. The number of likely N-dealkylation sites (N-methyl/N-ethyl adjacent to an activating group) is 1.